The van der Waals surface area contributed by atoms with Crippen LogP contribution >= 0.6 is 0 Å². The molecule has 0 atom stereocenters. The molecule has 4 nitrogen and oxygen atoms in total. The van der Waals surface area contributed by atoms with E-state index in [0.717, 1.165) is 0 Å². The third kappa shape index (κ3) is 2.52. The Morgan fingerprint density at radius 2 is 1.64 bits per heavy atom. The van der Waals surface area contributed by atoms with Gasteiger partial charge in [0.05, 0.1) is 7.11 Å². The lowest BCUT2D eigenvalue weighted by molar-refractivity contribution is 0.415. The standard InChI is InChI=1S/C15H8F3N3O/c1-22-9-4-2-3-8(5-9)21-15-13(17)11(7-20)10(6-19)12(16)14(15)18/h2-5,21H,1H3. The zero-order chi connectivity index (χ0) is 16.3. The summed E-state index contributed by atoms with van der Waals surface area (Å²) in [5.41, 5.74) is -2.44. The normalized spacial score (nSPS) is 9.73. The average molecular weight is 303 g/mol. The molecular weight excluding hydrogens is 295 g/mol. The molecule has 7 heteroatoms. The molecule has 1 N–H and O–H groups in total. The minimum absolute atomic E-state index is 0.227. The van der Waals surface area contributed by atoms with E-state index in [1.807, 2.05) is 0 Å². The van der Waals surface area contributed by atoms with Gasteiger partial charge < -0.3 is 10.1 Å². The molecule has 0 aromatic heterocycles. The molecule has 2 aromatic rings. The van der Waals surface area contributed by atoms with Crippen LogP contribution in [0, 0.1) is 40.1 Å². The molecule has 0 spiro atoms. The molecule has 0 unspecified atom stereocenters. The topological polar surface area (TPSA) is 68.8 Å². The van der Waals surface area contributed by atoms with Crippen molar-refractivity contribution in [1.29, 1.82) is 10.5 Å². The Morgan fingerprint density at radius 1 is 1.00 bits per heavy atom. The second kappa shape index (κ2) is 6.06. The molecule has 2 aromatic carbocycles. The van der Waals surface area contributed by atoms with Crippen molar-refractivity contribution in [2.24, 2.45) is 0 Å². The highest BCUT2D eigenvalue weighted by Crippen LogP contribution is 2.31. The van der Waals surface area contributed by atoms with Crippen molar-refractivity contribution in [3.05, 3.63) is 52.8 Å². The highest BCUT2D eigenvalue weighted by atomic mass is 19.2. The van der Waals surface area contributed by atoms with Gasteiger partial charge in [-0.1, -0.05) is 6.07 Å². The minimum Gasteiger partial charge on any atom is -0.497 e. The molecule has 0 aliphatic carbocycles. The number of anilines is 2. The van der Waals surface area contributed by atoms with E-state index in [0.29, 0.717) is 5.75 Å². The summed E-state index contributed by atoms with van der Waals surface area (Å²) in [7, 11) is 1.41. The van der Waals surface area contributed by atoms with Gasteiger partial charge in [0.2, 0.25) is 0 Å². The van der Waals surface area contributed by atoms with Crippen LogP contribution in [-0.2, 0) is 0 Å². The summed E-state index contributed by atoms with van der Waals surface area (Å²) in [5.74, 6) is -4.07. The Bertz CT molecular complexity index is 822. The summed E-state index contributed by atoms with van der Waals surface area (Å²) in [6.45, 7) is 0. The highest BCUT2D eigenvalue weighted by molar-refractivity contribution is 5.67. The van der Waals surface area contributed by atoms with Gasteiger partial charge in [-0.25, -0.2) is 13.2 Å². The van der Waals surface area contributed by atoms with Crippen molar-refractivity contribution < 1.29 is 17.9 Å². The van der Waals surface area contributed by atoms with Crippen LogP contribution in [0.5, 0.6) is 5.75 Å². The smallest absolute Gasteiger partial charge is 0.186 e. The largest absolute Gasteiger partial charge is 0.497 e. The number of hydrogen-bond acceptors (Lipinski definition) is 4. The summed E-state index contributed by atoms with van der Waals surface area (Å²) in [6, 6.07) is 8.72. The molecule has 0 saturated carbocycles. The van der Waals surface area contributed by atoms with E-state index in [9.17, 15) is 13.2 Å². The van der Waals surface area contributed by atoms with Crippen molar-refractivity contribution in [2.75, 3.05) is 12.4 Å². The van der Waals surface area contributed by atoms with E-state index in [1.54, 1.807) is 12.1 Å². The Morgan fingerprint density at radius 3 is 2.23 bits per heavy atom. The number of nitrogens with one attached hydrogen (secondary N) is 1. The molecule has 110 valence electrons. The van der Waals surface area contributed by atoms with Crippen molar-refractivity contribution in [3.8, 4) is 17.9 Å². The average Bonchev–Trinajstić information content (AvgIpc) is 2.54. The van der Waals surface area contributed by atoms with Crippen LogP contribution in [0.1, 0.15) is 11.1 Å². The van der Waals surface area contributed by atoms with E-state index in [4.69, 9.17) is 15.3 Å². The lowest BCUT2D eigenvalue weighted by atomic mass is 10.1. The Balaban J connectivity index is 2.59. The molecule has 0 heterocycles. The van der Waals surface area contributed by atoms with E-state index in [-0.39, 0.29) is 5.69 Å². The minimum atomic E-state index is -1.58. The van der Waals surface area contributed by atoms with E-state index < -0.39 is 34.3 Å². The van der Waals surface area contributed by atoms with Crippen LogP contribution in [-0.4, -0.2) is 7.11 Å². The maximum absolute atomic E-state index is 14.2. The van der Waals surface area contributed by atoms with Gasteiger partial charge in [-0.15, -0.1) is 0 Å². The zero-order valence-corrected chi connectivity index (χ0v) is 11.2. The predicted molar refractivity (Wildman–Crippen MR) is 72.0 cm³/mol. The lowest BCUT2D eigenvalue weighted by Gasteiger charge is -2.12. The number of rotatable bonds is 3. The van der Waals surface area contributed by atoms with Crippen molar-refractivity contribution in [3.63, 3.8) is 0 Å². The van der Waals surface area contributed by atoms with E-state index in [2.05, 4.69) is 5.32 Å². The van der Waals surface area contributed by atoms with Gasteiger partial charge in [-0.3, -0.25) is 0 Å². The van der Waals surface area contributed by atoms with Crippen LogP contribution in [0.3, 0.4) is 0 Å². The molecule has 0 bridgehead atoms. The van der Waals surface area contributed by atoms with Crippen molar-refractivity contribution in [1.82, 2.24) is 0 Å². The fraction of sp³-hybridized carbons (Fsp3) is 0.0667. The third-order valence-corrected chi connectivity index (χ3v) is 2.88. The summed E-state index contributed by atoms with van der Waals surface area (Å²) in [4.78, 5) is 0. The van der Waals surface area contributed by atoms with Gasteiger partial charge in [0.25, 0.3) is 0 Å². The van der Waals surface area contributed by atoms with Gasteiger partial charge in [0.1, 0.15) is 34.7 Å². The molecule has 0 aliphatic heterocycles. The van der Waals surface area contributed by atoms with E-state index >= 15 is 0 Å². The summed E-state index contributed by atoms with van der Waals surface area (Å²) < 4.78 is 46.8. The first-order valence-corrected chi connectivity index (χ1v) is 5.95. The number of benzene rings is 2. The molecule has 0 aliphatic rings. The SMILES string of the molecule is COc1cccc(Nc2c(F)c(F)c(C#N)c(C#N)c2F)c1. The number of nitrogens with zero attached hydrogens (tertiary/aromatic N) is 2. The Hall–Kier alpha value is -3.19. The molecule has 0 amide bonds. The number of hydrogen-bond donors (Lipinski definition) is 1. The molecule has 0 radical (unpaired) electrons. The van der Waals surface area contributed by atoms with Crippen LogP contribution in [0.25, 0.3) is 0 Å². The molecule has 0 saturated heterocycles. The first-order valence-electron chi connectivity index (χ1n) is 5.95. The number of halogens is 3. The Kier molecular flexibility index (Phi) is 4.19. The van der Waals surface area contributed by atoms with E-state index in [1.165, 1.54) is 31.4 Å². The van der Waals surface area contributed by atoms with Gasteiger partial charge in [0, 0.05) is 11.8 Å². The van der Waals surface area contributed by atoms with Gasteiger partial charge in [0.15, 0.2) is 17.5 Å². The molecular formula is C15H8F3N3O. The van der Waals surface area contributed by atoms with Gasteiger partial charge >= 0.3 is 0 Å². The van der Waals surface area contributed by atoms with Gasteiger partial charge in [-0.05, 0) is 12.1 Å². The maximum Gasteiger partial charge on any atom is 0.186 e. The number of nitriles is 2. The first kappa shape index (κ1) is 15.2. The second-order valence-electron chi connectivity index (χ2n) is 4.15. The number of methoxy groups -OCH3 is 1. The lowest BCUT2D eigenvalue weighted by Crippen LogP contribution is -2.06. The van der Waals surface area contributed by atoms with Crippen LogP contribution in [0.4, 0.5) is 24.5 Å². The maximum atomic E-state index is 14.2. The van der Waals surface area contributed by atoms with Crippen molar-refractivity contribution in [2.45, 2.75) is 0 Å². The molecule has 22 heavy (non-hydrogen) atoms. The second-order valence-corrected chi connectivity index (χ2v) is 4.15. The van der Waals surface area contributed by atoms with Gasteiger partial charge in [-0.2, -0.15) is 10.5 Å². The number of ether oxygens (including phenoxy) is 1. The predicted octanol–water partition coefficient (Wildman–Crippen LogP) is 3.60. The van der Waals surface area contributed by atoms with Crippen LogP contribution < -0.4 is 10.1 Å². The van der Waals surface area contributed by atoms with Crippen LogP contribution in [0.2, 0.25) is 0 Å². The third-order valence-electron chi connectivity index (χ3n) is 2.88. The van der Waals surface area contributed by atoms with Crippen LogP contribution in [0.15, 0.2) is 24.3 Å². The monoisotopic (exact) mass is 303 g/mol. The fourth-order valence-corrected chi connectivity index (χ4v) is 1.83. The zero-order valence-electron chi connectivity index (χ0n) is 11.2. The summed E-state index contributed by atoms with van der Waals surface area (Å²) >= 11 is 0. The Labute approximate surface area is 124 Å². The molecule has 0 fully saturated rings. The summed E-state index contributed by atoms with van der Waals surface area (Å²) in [5, 5.41) is 19.9. The quantitative estimate of drug-likeness (QED) is 0.880. The highest BCUT2D eigenvalue weighted by Gasteiger charge is 2.25. The van der Waals surface area contributed by atoms with Crippen molar-refractivity contribution >= 4 is 11.4 Å². The fourth-order valence-electron chi connectivity index (χ4n) is 1.83. The summed E-state index contributed by atoms with van der Waals surface area (Å²) in [6.07, 6.45) is 0. The first-order chi connectivity index (χ1) is 10.5. The molecule has 2 rings (SSSR count).